The largest absolute Gasteiger partial charge is 0.493 e. The van der Waals surface area contributed by atoms with Crippen molar-refractivity contribution in [1.29, 1.82) is 0 Å². The summed E-state index contributed by atoms with van der Waals surface area (Å²) in [7, 11) is 4.51. The van der Waals surface area contributed by atoms with Gasteiger partial charge in [0.25, 0.3) is 5.91 Å². The van der Waals surface area contributed by atoms with Crippen LogP contribution in [0.1, 0.15) is 15.9 Å². The van der Waals surface area contributed by atoms with Gasteiger partial charge in [0.15, 0.2) is 11.5 Å². The first-order valence-corrected chi connectivity index (χ1v) is 9.05. The molecule has 150 valence electrons. The lowest BCUT2D eigenvalue weighted by molar-refractivity contribution is 0.0947. The van der Waals surface area contributed by atoms with Crippen molar-refractivity contribution in [2.75, 3.05) is 21.3 Å². The Morgan fingerprint density at radius 3 is 2.21 bits per heavy atom. The fourth-order valence-corrected chi connectivity index (χ4v) is 2.90. The second kappa shape index (κ2) is 9.50. The SMILES string of the molecule is COc1ccc(C(=O)NCc2cccc(Oc3ccccc3)c2)c(OC)c1OC. The number of methoxy groups -OCH3 is 3. The summed E-state index contributed by atoms with van der Waals surface area (Å²) in [5, 5.41) is 2.90. The number of benzene rings is 3. The fraction of sp³-hybridized carbons (Fsp3) is 0.174. The van der Waals surface area contributed by atoms with Gasteiger partial charge >= 0.3 is 0 Å². The minimum atomic E-state index is -0.280. The monoisotopic (exact) mass is 393 g/mol. The quantitative estimate of drug-likeness (QED) is 0.613. The van der Waals surface area contributed by atoms with E-state index in [-0.39, 0.29) is 5.91 Å². The summed E-state index contributed by atoms with van der Waals surface area (Å²) in [5.74, 6) is 2.37. The molecule has 6 nitrogen and oxygen atoms in total. The van der Waals surface area contributed by atoms with Gasteiger partial charge < -0.3 is 24.3 Å². The Kier molecular flexibility index (Phi) is 6.58. The maximum atomic E-state index is 12.7. The average molecular weight is 393 g/mol. The lowest BCUT2D eigenvalue weighted by Crippen LogP contribution is -2.23. The smallest absolute Gasteiger partial charge is 0.255 e. The molecule has 0 aromatic heterocycles. The summed E-state index contributed by atoms with van der Waals surface area (Å²) in [4.78, 5) is 12.7. The summed E-state index contributed by atoms with van der Waals surface area (Å²) in [6, 6.07) is 20.4. The van der Waals surface area contributed by atoms with Crippen LogP contribution in [0.15, 0.2) is 66.7 Å². The first kappa shape index (κ1) is 20.1. The molecule has 29 heavy (non-hydrogen) atoms. The zero-order valence-corrected chi connectivity index (χ0v) is 16.6. The summed E-state index contributed by atoms with van der Waals surface area (Å²) in [6.07, 6.45) is 0. The molecule has 0 bridgehead atoms. The Morgan fingerprint density at radius 1 is 0.793 bits per heavy atom. The van der Waals surface area contributed by atoms with E-state index >= 15 is 0 Å². The molecule has 1 amide bonds. The first-order chi connectivity index (χ1) is 14.2. The van der Waals surface area contributed by atoms with Gasteiger partial charge in [-0.15, -0.1) is 0 Å². The van der Waals surface area contributed by atoms with Crippen molar-refractivity contribution in [3.05, 3.63) is 77.9 Å². The van der Waals surface area contributed by atoms with E-state index in [1.54, 1.807) is 12.1 Å². The molecule has 3 rings (SSSR count). The van der Waals surface area contributed by atoms with E-state index in [0.29, 0.717) is 35.1 Å². The number of carbonyl (C=O) groups excluding carboxylic acids is 1. The van der Waals surface area contributed by atoms with E-state index in [1.165, 1.54) is 21.3 Å². The van der Waals surface area contributed by atoms with E-state index < -0.39 is 0 Å². The lowest BCUT2D eigenvalue weighted by atomic mass is 10.1. The zero-order valence-electron chi connectivity index (χ0n) is 16.6. The lowest BCUT2D eigenvalue weighted by Gasteiger charge is -2.15. The Labute approximate surface area is 170 Å². The van der Waals surface area contributed by atoms with Crippen LogP contribution in [0.25, 0.3) is 0 Å². The molecule has 0 saturated heterocycles. The molecule has 3 aromatic rings. The van der Waals surface area contributed by atoms with Gasteiger partial charge in [0, 0.05) is 6.54 Å². The first-order valence-electron chi connectivity index (χ1n) is 9.05. The minimum Gasteiger partial charge on any atom is -0.493 e. The van der Waals surface area contributed by atoms with Crippen LogP contribution in [0.2, 0.25) is 0 Å². The third kappa shape index (κ3) is 4.79. The van der Waals surface area contributed by atoms with Crippen LogP contribution in [0.5, 0.6) is 28.7 Å². The highest BCUT2D eigenvalue weighted by atomic mass is 16.5. The number of carbonyl (C=O) groups is 1. The third-order valence-corrected chi connectivity index (χ3v) is 4.28. The van der Waals surface area contributed by atoms with Gasteiger partial charge in [-0.05, 0) is 42.0 Å². The highest BCUT2D eigenvalue weighted by Gasteiger charge is 2.20. The van der Waals surface area contributed by atoms with E-state index in [1.807, 2.05) is 54.6 Å². The molecular weight excluding hydrogens is 370 g/mol. The molecule has 3 aromatic carbocycles. The molecule has 0 atom stereocenters. The molecule has 0 aliphatic rings. The number of hydrogen-bond donors (Lipinski definition) is 1. The predicted molar refractivity (Wildman–Crippen MR) is 110 cm³/mol. The van der Waals surface area contributed by atoms with Gasteiger partial charge in [-0.1, -0.05) is 30.3 Å². The molecule has 0 saturated carbocycles. The molecular formula is C23H23NO5. The van der Waals surface area contributed by atoms with Crippen molar-refractivity contribution >= 4 is 5.91 Å². The second-order valence-electron chi connectivity index (χ2n) is 6.13. The van der Waals surface area contributed by atoms with Crippen LogP contribution >= 0.6 is 0 Å². The van der Waals surface area contributed by atoms with Crippen molar-refractivity contribution in [2.24, 2.45) is 0 Å². The Hall–Kier alpha value is -3.67. The maximum Gasteiger partial charge on any atom is 0.255 e. The molecule has 6 heteroatoms. The van der Waals surface area contributed by atoms with Gasteiger partial charge in [-0.3, -0.25) is 4.79 Å². The maximum absolute atomic E-state index is 12.7. The average Bonchev–Trinajstić information content (AvgIpc) is 2.77. The van der Waals surface area contributed by atoms with Crippen LogP contribution in [-0.4, -0.2) is 27.2 Å². The predicted octanol–water partition coefficient (Wildman–Crippen LogP) is 4.43. The van der Waals surface area contributed by atoms with Gasteiger partial charge in [-0.25, -0.2) is 0 Å². The molecule has 0 aliphatic carbocycles. The van der Waals surface area contributed by atoms with Crippen LogP contribution in [-0.2, 0) is 6.54 Å². The molecule has 0 aliphatic heterocycles. The number of ether oxygens (including phenoxy) is 4. The van der Waals surface area contributed by atoms with E-state index in [0.717, 1.165) is 11.3 Å². The molecule has 1 N–H and O–H groups in total. The number of nitrogens with one attached hydrogen (secondary N) is 1. The summed E-state index contributed by atoms with van der Waals surface area (Å²) < 4.78 is 21.8. The Morgan fingerprint density at radius 2 is 1.52 bits per heavy atom. The topological polar surface area (TPSA) is 66.0 Å². The molecule has 0 unspecified atom stereocenters. The summed E-state index contributed by atoms with van der Waals surface area (Å²) in [5.41, 5.74) is 1.27. The zero-order chi connectivity index (χ0) is 20.6. The van der Waals surface area contributed by atoms with Crippen molar-refractivity contribution < 1.29 is 23.7 Å². The second-order valence-corrected chi connectivity index (χ2v) is 6.13. The molecule has 0 fully saturated rings. The number of amides is 1. The number of para-hydroxylation sites is 1. The van der Waals surface area contributed by atoms with Crippen LogP contribution in [0.3, 0.4) is 0 Å². The summed E-state index contributed by atoms with van der Waals surface area (Å²) >= 11 is 0. The van der Waals surface area contributed by atoms with Gasteiger partial charge in [0.05, 0.1) is 26.9 Å². The normalized spacial score (nSPS) is 10.2. The van der Waals surface area contributed by atoms with Gasteiger partial charge in [0.1, 0.15) is 11.5 Å². The molecule has 0 radical (unpaired) electrons. The van der Waals surface area contributed by atoms with Crippen molar-refractivity contribution in [2.45, 2.75) is 6.54 Å². The Balaban J connectivity index is 1.72. The minimum absolute atomic E-state index is 0.280. The van der Waals surface area contributed by atoms with Crippen LogP contribution in [0, 0.1) is 0 Å². The van der Waals surface area contributed by atoms with Crippen molar-refractivity contribution in [3.63, 3.8) is 0 Å². The molecule has 0 heterocycles. The standard InChI is InChI=1S/C23H23NO5/c1-26-20-13-12-19(21(27-2)22(20)28-3)23(25)24-15-16-8-7-11-18(14-16)29-17-9-5-4-6-10-17/h4-14H,15H2,1-3H3,(H,24,25). The van der Waals surface area contributed by atoms with Crippen LogP contribution in [0.4, 0.5) is 0 Å². The highest BCUT2D eigenvalue weighted by Crippen LogP contribution is 2.39. The fourth-order valence-electron chi connectivity index (χ4n) is 2.90. The summed E-state index contributed by atoms with van der Waals surface area (Å²) in [6.45, 7) is 0.336. The van der Waals surface area contributed by atoms with Crippen molar-refractivity contribution in [3.8, 4) is 28.7 Å². The number of hydrogen-bond acceptors (Lipinski definition) is 5. The third-order valence-electron chi connectivity index (χ3n) is 4.28. The molecule has 0 spiro atoms. The van der Waals surface area contributed by atoms with Crippen molar-refractivity contribution in [1.82, 2.24) is 5.32 Å². The van der Waals surface area contributed by atoms with E-state index in [2.05, 4.69) is 5.32 Å². The van der Waals surface area contributed by atoms with E-state index in [9.17, 15) is 4.79 Å². The van der Waals surface area contributed by atoms with Gasteiger partial charge in [0.2, 0.25) is 5.75 Å². The highest BCUT2D eigenvalue weighted by molar-refractivity contribution is 5.98. The van der Waals surface area contributed by atoms with Gasteiger partial charge in [-0.2, -0.15) is 0 Å². The Bertz CT molecular complexity index is 972. The van der Waals surface area contributed by atoms with E-state index in [4.69, 9.17) is 18.9 Å². The number of rotatable bonds is 8. The van der Waals surface area contributed by atoms with Crippen LogP contribution < -0.4 is 24.3 Å².